The van der Waals surface area contributed by atoms with Gasteiger partial charge in [0, 0.05) is 22.2 Å². The van der Waals surface area contributed by atoms with Crippen LogP contribution in [0.3, 0.4) is 0 Å². The average Bonchev–Trinajstić information content (AvgIpc) is 2.33. The van der Waals surface area contributed by atoms with Crippen molar-refractivity contribution < 1.29 is 0 Å². The van der Waals surface area contributed by atoms with Crippen molar-refractivity contribution in [2.24, 2.45) is 5.41 Å². The molecule has 0 atom stereocenters. The zero-order chi connectivity index (χ0) is 15.0. The van der Waals surface area contributed by atoms with Crippen LogP contribution in [-0.2, 0) is 11.8 Å². The van der Waals surface area contributed by atoms with Gasteiger partial charge in [-0.25, -0.2) is 0 Å². The maximum Gasteiger partial charge on any atom is 0.0485 e. The summed E-state index contributed by atoms with van der Waals surface area (Å²) in [5, 5.41) is 2.63. The van der Waals surface area contributed by atoms with Gasteiger partial charge in [0.2, 0.25) is 0 Å². The van der Waals surface area contributed by atoms with Crippen LogP contribution in [0.4, 0.5) is 0 Å². The Hall–Kier alpha value is -1.37. The summed E-state index contributed by atoms with van der Waals surface area (Å²) < 4.78 is 0. The van der Waals surface area contributed by atoms with E-state index in [9.17, 15) is 0 Å². The van der Waals surface area contributed by atoms with Gasteiger partial charge in [0.25, 0.3) is 0 Å². The van der Waals surface area contributed by atoms with Gasteiger partial charge in [-0.3, -0.25) is 4.98 Å². The molecule has 0 N–H and O–H groups in total. The minimum Gasteiger partial charge on any atom is -0.257 e. The molecule has 0 amide bonds. The second-order valence-corrected chi connectivity index (χ2v) is 7.99. The van der Waals surface area contributed by atoms with Crippen molar-refractivity contribution in [3.8, 4) is 0 Å². The van der Waals surface area contributed by atoms with Crippen molar-refractivity contribution in [3.05, 3.63) is 41.7 Å². The fraction of sp³-hybridized carbons (Fsp3) is 0.526. The third-order valence-electron chi connectivity index (χ3n) is 3.70. The minimum absolute atomic E-state index is 0.0977. The van der Waals surface area contributed by atoms with Crippen molar-refractivity contribution in [2.75, 3.05) is 0 Å². The maximum absolute atomic E-state index is 4.98. The Bertz CT molecular complexity index is 597. The Morgan fingerprint density at radius 1 is 0.950 bits per heavy atom. The zero-order valence-corrected chi connectivity index (χ0v) is 13.7. The van der Waals surface area contributed by atoms with Crippen LogP contribution < -0.4 is 0 Å². The van der Waals surface area contributed by atoms with Gasteiger partial charge >= 0.3 is 0 Å². The number of nitrogens with zero attached hydrogens (tertiary/aromatic N) is 1. The van der Waals surface area contributed by atoms with E-state index in [1.54, 1.807) is 0 Å². The van der Waals surface area contributed by atoms with E-state index in [0.717, 1.165) is 12.8 Å². The largest absolute Gasteiger partial charge is 0.257 e. The molecule has 0 saturated heterocycles. The lowest BCUT2D eigenvalue weighted by Crippen LogP contribution is -2.15. The van der Waals surface area contributed by atoms with E-state index in [-0.39, 0.29) is 5.41 Å². The molecular formula is C19H27N. The number of benzene rings is 1. The highest BCUT2D eigenvalue weighted by atomic mass is 14.7. The van der Waals surface area contributed by atoms with Crippen molar-refractivity contribution in [1.82, 2.24) is 4.98 Å². The molecule has 1 heteroatoms. The molecule has 1 aromatic heterocycles. The second-order valence-electron chi connectivity index (χ2n) is 7.99. The Morgan fingerprint density at radius 2 is 1.60 bits per heavy atom. The first-order valence-electron chi connectivity index (χ1n) is 7.56. The Labute approximate surface area is 123 Å². The van der Waals surface area contributed by atoms with Gasteiger partial charge in [-0.05, 0) is 29.7 Å². The molecule has 0 bridgehead atoms. The number of hydrogen-bond acceptors (Lipinski definition) is 1. The summed E-state index contributed by atoms with van der Waals surface area (Å²) in [5.41, 5.74) is 2.89. The first-order valence-corrected chi connectivity index (χ1v) is 7.56. The number of aryl methyl sites for hydroxylation is 1. The smallest absolute Gasteiger partial charge is 0.0485 e. The van der Waals surface area contributed by atoms with E-state index < -0.39 is 0 Å². The predicted molar refractivity (Wildman–Crippen MR) is 88.2 cm³/mol. The first kappa shape index (κ1) is 15.0. The standard InChI is InChI=1S/C19H27N/c1-18(2,3)12-11-16-15-10-8-7-9-14(15)13-17(20-16)19(4,5)6/h7-10,13H,11-12H2,1-6H3. The molecule has 0 aliphatic heterocycles. The highest BCUT2D eigenvalue weighted by molar-refractivity contribution is 5.85. The molecule has 2 aromatic rings. The summed E-state index contributed by atoms with van der Waals surface area (Å²) >= 11 is 0. The Balaban J connectivity index is 2.50. The van der Waals surface area contributed by atoms with Crippen LogP contribution in [0.1, 0.15) is 59.4 Å². The fourth-order valence-electron chi connectivity index (χ4n) is 2.34. The van der Waals surface area contributed by atoms with Crippen molar-refractivity contribution in [2.45, 2.75) is 59.8 Å². The second kappa shape index (κ2) is 5.20. The van der Waals surface area contributed by atoms with E-state index in [1.165, 1.54) is 22.2 Å². The highest BCUT2D eigenvalue weighted by Crippen LogP contribution is 2.29. The van der Waals surface area contributed by atoms with E-state index in [4.69, 9.17) is 4.98 Å². The topological polar surface area (TPSA) is 12.9 Å². The summed E-state index contributed by atoms with van der Waals surface area (Å²) in [4.78, 5) is 4.98. The summed E-state index contributed by atoms with van der Waals surface area (Å²) in [5.74, 6) is 0. The molecule has 108 valence electrons. The molecule has 20 heavy (non-hydrogen) atoms. The van der Waals surface area contributed by atoms with Crippen LogP contribution in [0.2, 0.25) is 0 Å². The molecule has 1 aromatic carbocycles. The van der Waals surface area contributed by atoms with E-state index in [2.05, 4.69) is 71.9 Å². The molecule has 0 fully saturated rings. The monoisotopic (exact) mass is 269 g/mol. The van der Waals surface area contributed by atoms with Crippen LogP contribution >= 0.6 is 0 Å². The molecule has 0 radical (unpaired) electrons. The van der Waals surface area contributed by atoms with Gasteiger partial charge < -0.3 is 0 Å². The molecule has 1 heterocycles. The van der Waals surface area contributed by atoms with Crippen LogP contribution in [0.15, 0.2) is 30.3 Å². The summed E-state index contributed by atoms with van der Waals surface area (Å²) in [6.45, 7) is 13.6. The van der Waals surface area contributed by atoms with Crippen LogP contribution in [0, 0.1) is 5.41 Å². The van der Waals surface area contributed by atoms with Crippen LogP contribution in [0.5, 0.6) is 0 Å². The van der Waals surface area contributed by atoms with E-state index in [1.807, 2.05) is 0 Å². The quantitative estimate of drug-likeness (QED) is 0.700. The summed E-state index contributed by atoms with van der Waals surface area (Å²) in [7, 11) is 0. The fourth-order valence-corrected chi connectivity index (χ4v) is 2.34. The number of hydrogen-bond donors (Lipinski definition) is 0. The molecule has 0 spiro atoms. The molecule has 0 aliphatic carbocycles. The number of pyridine rings is 1. The number of aromatic nitrogens is 1. The molecule has 0 aliphatic rings. The van der Waals surface area contributed by atoms with Gasteiger partial charge in [-0.15, -0.1) is 0 Å². The number of fused-ring (bicyclic) bond motifs is 1. The normalized spacial score (nSPS) is 12.9. The average molecular weight is 269 g/mol. The molecule has 0 unspecified atom stereocenters. The first-order chi connectivity index (χ1) is 9.17. The SMILES string of the molecule is CC(C)(C)CCc1nc(C(C)(C)C)cc2ccccc12. The lowest BCUT2D eigenvalue weighted by atomic mass is 9.87. The lowest BCUT2D eigenvalue weighted by molar-refractivity contribution is 0.376. The Morgan fingerprint density at radius 3 is 2.20 bits per heavy atom. The predicted octanol–water partition coefficient (Wildman–Crippen LogP) is 5.51. The highest BCUT2D eigenvalue weighted by Gasteiger charge is 2.19. The molecule has 1 nitrogen and oxygen atoms in total. The lowest BCUT2D eigenvalue weighted by Gasteiger charge is -2.22. The number of rotatable bonds is 2. The molecule has 2 rings (SSSR count). The van der Waals surface area contributed by atoms with Gasteiger partial charge in [0.15, 0.2) is 0 Å². The van der Waals surface area contributed by atoms with Crippen LogP contribution in [-0.4, -0.2) is 4.98 Å². The minimum atomic E-state index is 0.0977. The third-order valence-corrected chi connectivity index (χ3v) is 3.70. The molecule has 0 saturated carbocycles. The zero-order valence-electron chi connectivity index (χ0n) is 13.7. The molecular weight excluding hydrogens is 242 g/mol. The van der Waals surface area contributed by atoms with Gasteiger partial charge in [-0.1, -0.05) is 65.8 Å². The maximum atomic E-state index is 4.98. The Kier molecular flexibility index (Phi) is 3.90. The van der Waals surface area contributed by atoms with Crippen molar-refractivity contribution >= 4 is 10.8 Å². The van der Waals surface area contributed by atoms with Crippen LogP contribution in [0.25, 0.3) is 10.8 Å². The van der Waals surface area contributed by atoms with Gasteiger partial charge in [-0.2, -0.15) is 0 Å². The van der Waals surface area contributed by atoms with Crippen molar-refractivity contribution in [1.29, 1.82) is 0 Å². The van der Waals surface area contributed by atoms with E-state index in [0.29, 0.717) is 5.41 Å². The van der Waals surface area contributed by atoms with Crippen molar-refractivity contribution in [3.63, 3.8) is 0 Å². The van der Waals surface area contributed by atoms with E-state index >= 15 is 0 Å². The third kappa shape index (κ3) is 3.59. The van der Waals surface area contributed by atoms with Gasteiger partial charge in [0.1, 0.15) is 0 Å². The summed E-state index contributed by atoms with van der Waals surface area (Å²) in [6.07, 6.45) is 2.21. The van der Waals surface area contributed by atoms with Gasteiger partial charge in [0.05, 0.1) is 0 Å². The summed E-state index contributed by atoms with van der Waals surface area (Å²) in [6, 6.07) is 10.9.